The maximum absolute atomic E-state index is 13.8. The highest BCUT2D eigenvalue weighted by Crippen LogP contribution is 2.43. The molecule has 0 unspecified atom stereocenters. The van der Waals surface area contributed by atoms with E-state index in [-0.39, 0.29) is 18.0 Å². The average Bonchev–Trinajstić information content (AvgIpc) is 3.35. The lowest BCUT2D eigenvalue weighted by molar-refractivity contribution is 0.0115. The number of fused-ring (bicyclic) bond motifs is 1. The van der Waals surface area contributed by atoms with Gasteiger partial charge in [-0.05, 0) is 56.7 Å². The number of rotatable bonds is 5. The quantitative estimate of drug-likeness (QED) is 0.453. The Morgan fingerprint density at radius 1 is 0.902 bits per heavy atom. The summed E-state index contributed by atoms with van der Waals surface area (Å²) in [6.45, 7) is 5.45. The van der Waals surface area contributed by atoms with Gasteiger partial charge in [0.1, 0.15) is 5.69 Å². The van der Waals surface area contributed by atoms with Crippen LogP contribution < -0.4 is 4.90 Å². The molecule has 218 valence electrons. The van der Waals surface area contributed by atoms with Crippen LogP contribution in [0.5, 0.6) is 0 Å². The van der Waals surface area contributed by atoms with Crippen molar-refractivity contribution in [3.8, 4) is 5.69 Å². The number of nitrogens with zero attached hydrogens (tertiary/aromatic N) is 6. The molecule has 3 aromatic rings. The third kappa shape index (κ3) is 5.02. The average molecular weight is 579 g/mol. The summed E-state index contributed by atoms with van der Waals surface area (Å²) in [5.41, 5.74) is 3.67. The molecule has 0 atom stereocenters. The number of carbonyl (C=O) groups is 1. The maximum atomic E-state index is 13.8. The number of pyridine rings is 1. The van der Waals surface area contributed by atoms with Crippen molar-refractivity contribution in [2.45, 2.75) is 56.9 Å². The Bertz CT molecular complexity index is 1520. The number of amides is 1. The third-order valence-corrected chi connectivity index (χ3v) is 11.1. The Morgan fingerprint density at radius 2 is 1.66 bits per heavy atom. The van der Waals surface area contributed by atoms with Gasteiger partial charge in [-0.3, -0.25) is 9.69 Å². The number of sulfonamides is 1. The molecule has 1 saturated carbocycles. The predicted molar refractivity (Wildman–Crippen MR) is 157 cm³/mol. The first-order valence-corrected chi connectivity index (χ1v) is 16.7. The van der Waals surface area contributed by atoms with Crippen molar-refractivity contribution in [2.75, 3.05) is 56.6 Å². The fourth-order valence-electron chi connectivity index (χ4n) is 6.76. The van der Waals surface area contributed by atoms with Crippen LogP contribution in [0.15, 0.2) is 36.4 Å². The van der Waals surface area contributed by atoms with Crippen LogP contribution in [0.3, 0.4) is 0 Å². The lowest BCUT2D eigenvalue weighted by Crippen LogP contribution is -2.49. The molecule has 1 aromatic carbocycles. The molecule has 2 aromatic heterocycles. The Balaban J connectivity index is 1.33. The van der Waals surface area contributed by atoms with Crippen LogP contribution >= 0.6 is 0 Å². The third-order valence-electron chi connectivity index (χ3n) is 9.30. The topological polar surface area (TPSA) is 101 Å². The summed E-state index contributed by atoms with van der Waals surface area (Å²) in [6, 6.07) is 12.3. The normalized spacial score (nSPS) is 22.6. The highest BCUT2D eigenvalue weighted by atomic mass is 32.2. The van der Waals surface area contributed by atoms with Gasteiger partial charge in [-0.25, -0.2) is 22.4 Å². The molecule has 0 N–H and O–H groups in total. The molecule has 7 rings (SSSR count). The summed E-state index contributed by atoms with van der Waals surface area (Å²) >= 11 is 0. The van der Waals surface area contributed by atoms with Gasteiger partial charge in [0, 0.05) is 44.7 Å². The van der Waals surface area contributed by atoms with Crippen molar-refractivity contribution in [3.05, 3.63) is 47.8 Å². The molecule has 0 bridgehead atoms. The van der Waals surface area contributed by atoms with Crippen molar-refractivity contribution < 1.29 is 17.9 Å². The number of hydrogen-bond donors (Lipinski definition) is 0. The van der Waals surface area contributed by atoms with Crippen LogP contribution in [0.4, 0.5) is 5.69 Å². The van der Waals surface area contributed by atoms with E-state index in [2.05, 4.69) is 9.80 Å². The zero-order chi connectivity index (χ0) is 28.0. The first-order valence-electron chi connectivity index (χ1n) is 15.1. The number of benzene rings is 1. The van der Waals surface area contributed by atoms with Crippen molar-refractivity contribution in [1.82, 2.24) is 24.0 Å². The molecule has 4 fully saturated rings. The van der Waals surface area contributed by atoms with Crippen LogP contribution in [-0.2, 0) is 14.8 Å². The van der Waals surface area contributed by atoms with Gasteiger partial charge < -0.3 is 9.64 Å². The number of morpholine rings is 1. The van der Waals surface area contributed by atoms with Gasteiger partial charge in [0.15, 0.2) is 5.65 Å². The summed E-state index contributed by atoms with van der Waals surface area (Å²) in [7, 11) is -3.65. The van der Waals surface area contributed by atoms with Crippen LogP contribution in [0.1, 0.15) is 67.0 Å². The first kappa shape index (κ1) is 26.9. The zero-order valence-electron chi connectivity index (χ0n) is 23.4. The molecule has 0 radical (unpaired) electrons. The number of piperidine rings is 1. The number of ether oxygens (including phenoxy) is 1. The summed E-state index contributed by atoms with van der Waals surface area (Å²) < 4.78 is 34.3. The predicted octanol–water partition coefficient (Wildman–Crippen LogP) is 3.55. The first-order chi connectivity index (χ1) is 20.0. The Labute approximate surface area is 241 Å². The van der Waals surface area contributed by atoms with Crippen molar-refractivity contribution >= 4 is 32.7 Å². The minimum Gasteiger partial charge on any atom is -0.379 e. The van der Waals surface area contributed by atoms with Gasteiger partial charge in [0.05, 0.1) is 41.4 Å². The number of hydrogen-bond acceptors (Lipinski definition) is 8. The zero-order valence-corrected chi connectivity index (χ0v) is 24.3. The highest BCUT2D eigenvalue weighted by Gasteiger charge is 2.36. The van der Waals surface area contributed by atoms with Crippen molar-refractivity contribution in [2.24, 2.45) is 0 Å². The number of carbonyl (C=O) groups excluding carboxylic acids is 1. The van der Waals surface area contributed by atoms with Crippen LogP contribution in [-0.4, -0.2) is 96.0 Å². The van der Waals surface area contributed by atoms with E-state index < -0.39 is 15.9 Å². The second-order valence-electron chi connectivity index (χ2n) is 11.8. The monoisotopic (exact) mass is 578 g/mol. The molecule has 4 aliphatic rings. The Kier molecular flexibility index (Phi) is 7.20. The molecule has 1 amide bonds. The maximum Gasteiger partial charge on any atom is 0.286 e. The number of anilines is 1. The molecule has 41 heavy (non-hydrogen) atoms. The van der Waals surface area contributed by atoms with Gasteiger partial charge in [-0.1, -0.05) is 24.6 Å². The van der Waals surface area contributed by atoms with Crippen LogP contribution in [0.25, 0.3) is 16.7 Å². The molecule has 0 spiro atoms. The molecule has 3 saturated heterocycles. The molecular weight excluding hydrogens is 540 g/mol. The molecule has 10 nitrogen and oxygen atoms in total. The van der Waals surface area contributed by atoms with Gasteiger partial charge >= 0.3 is 0 Å². The van der Waals surface area contributed by atoms with Crippen LogP contribution in [0.2, 0.25) is 0 Å². The Hall–Kier alpha value is -3.02. The molecule has 1 aliphatic carbocycles. The van der Waals surface area contributed by atoms with E-state index >= 15 is 0 Å². The fraction of sp³-hybridized carbons (Fsp3) is 0.567. The van der Waals surface area contributed by atoms with Gasteiger partial charge in [0.25, 0.3) is 5.91 Å². The SMILES string of the molecule is O=C(c1cc(N2CCC(N3CCOCC3)CC2)c2c(C3CCC3)nn(-c3ccccc3)c2n1)N1CCCCS1(=O)=O. The standard InChI is InChI=1S/C30H38N6O4S/c37-30(35-13-4-5-20-41(35,38)39)25-21-26(34-14-11-23(12-15-34)33-16-18-40-19-17-33)27-28(22-7-6-8-22)32-36(29(27)31-25)24-9-2-1-3-10-24/h1-3,9-10,21-23H,4-8,11-20H2. The van der Waals surface area contributed by atoms with E-state index in [1.54, 1.807) is 0 Å². The van der Waals surface area contributed by atoms with Gasteiger partial charge in [0.2, 0.25) is 10.0 Å². The van der Waals surface area contributed by atoms with E-state index in [9.17, 15) is 13.2 Å². The molecule has 3 aliphatic heterocycles. The lowest BCUT2D eigenvalue weighted by atomic mass is 9.82. The van der Waals surface area contributed by atoms with Gasteiger partial charge in [-0.2, -0.15) is 5.10 Å². The molecular formula is C30H38N6O4S. The molecule has 11 heteroatoms. The summed E-state index contributed by atoms with van der Waals surface area (Å²) in [4.78, 5) is 23.6. The van der Waals surface area contributed by atoms with E-state index in [4.69, 9.17) is 14.8 Å². The fourth-order valence-corrected chi connectivity index (χ4v) is 8.30. The summed E-state index contributed by atoms with van der Waals surface area (Å²) in [6.07, 6.45) is 6.66. The second-order valence-corrected chi connectivity index (χ2v) is 13.8. The summed E-state index contributed by atoms with van der Waals surface area (Å²) in [5, 5.41) is 6.13. The van der Waals surface area contributed by atoms with E-state index in [1.807, 2.05) is 41.1 Å². The number of para-hydroxylation sites is 1. The van der Waals surface area contributed by atoms with E-state index in [1.165, 1.54) is 6.42 Å². The summed E-state index contributed by atoms with van der Waals surface area (Å²) in [5.74, 6) is -0.184. The minimum absolute atomic E-state index is 0.00330. The van der Waals surface area contributed by atoms with E-state index in [0.29, 0.717) is 30.4 Å². The van der Waals surface area contributed by atoms with Crippen LogP contribution in [0, 0.1) is 0 Å². The van der Waals surface area contributed by atoms with Gasteiger partial charge in [-0.15, -0.1) is 0 Å². The van der Waals surface area contributed by atoms with Crippen molar-refractivity contribution in [1.29, 1.82) is 0 Å². The highest BCUT2D eigenvalue weighted by molar-refractivity contribution is 7.89. The van der Waals surface area contributed by atoms with E-state index in [0.717, 1.165) is 91.8 Å². The largest absolute Gasteiger partial charge is 0.379 e. The van der Waals surface area contributed by atoms with Crippen molar-refractivity contribution in [3.63, 3.8) is 0 Å². The number of aromatic nitrogens is 3. The Morgan fingerprint density at radius 3 is 2.34 bits per heavy atom. The smallest absolute Gasteiger partial charge is 0.286 e. The molecule has 5 heterocycles. The lowest BCUT2D eigenvalue weighted by Gasteiger charge is -2.41. The minimum atomic E-state index is -3.65. The second kappa shape index (κ2) is 11.0.